The van der Waals surface area contributed by atoms with Crippen molar-refractivity contribution in [2.45, 2.75) is 18.6 Å². The van der Waals surface area contributed by atoms with Crippen molar-refractivity contribution in [3.63, 3.8) is 0 Å². The van der Waals surface area contributed by atoms with E-state index in [0.717, 1.165) is 23.2 Å². The van der Waals surface area contributed by atoms with Crippen molar-refractivity contribution in [1.29, 1.82) is 5.26 Å². The Morgan fingerprint density at radius 2 is 2.22 bits per heavy atom. The van der Waals surface area contributed by atoms with E-state index >= 15 is 0 Å². The molecule has 1 heterocycles. The van der Waals surface area contributed by atoms with Crippen molar-refractivity contribution in [1.82, 2.24) is 0 Å². The molecule has 3 nitrogen and oxygen atoms in total. The molecule has 2 rings (SSSR count). The molecule has 0 spiro atoms. The predicted octanol–water partition coefficient (Wildman–Crippen LogP) is 2.67. The van der Waals surface area contributed by atoms with Gasteiger partial charge in [-0.1, -0.05) is 15.9 Å². The van der Waals surface area contributed by atoms with E-state index in [0.29, 0.717) is 11.3 Å². The molecule has 18 heavy (non-hydrogen) atoms. The quantitative estimate of drug-likeness (QED) is 0.796. The molecule has 1 atom stereocenters. The molecule has 1 aromatic rings. The van der Waals surface area contributed by atoms with Crippen LogP contribution in [0.3, 0.4) is 0 Å². The summed E-state index contributed by atoms with van der Waals surface area (Å²) < 4.78 is 12.6. The Morgan fingerprint density at radius 1 is 1.50 bits per heavy atom. The molecule has 0 bridgehead atoms. The van der Waals surface area contributed by atoms with Crippen molar-refractivity contribution in [3.8, 4) is 6.07 Å². The number of nitrogens with zero attached hydrogens (tertiary/aromatic N) is 2. The highest BCUT2D eigenvalue weighted by Crippen LogP contribution is 2.29. The zero-order valence-electron chi connectivity index (χ0n) is 10.4. The molecule has 5 heteroatoms. The molecule has 1 aliphatic heterocycles. The van der Waals surface area contributed by atoms with Gasteiger partial charge in [0, 0.05) is 34.1 Å². The first kappa shape index (κ1) is 13.6. The summed E-state index contributed by atoms with van der Waals surface area (Å²) in [5, 5.41) is 9.20. The Balaban J connectivity index is 2.34. The summed E-state index contributed by atoms with van der Waals surface area (Å²) in [4.78, 5) is 2.16. The molecule has 0 saturated carbocycles. The van der Waals surface area contributed by atoms with Crippen molar-refractivity contribution < 1.29 is 4.21 Å². The summed E-state index contributed by atoms with van der Waals surface area (Å²) in [6.07, 6.45) is 0. The summed E-state index contributed by atoms with van der Waals surface area (Å²) in [6.45, 7) is 5.49. The maximum atomic E-state index is 11.9. The van der Waals surface area contributed by atoms with Crippen molar-refractivity contribution in [2.24, 2.45) is 0 Å². The topological polar surface area (TPSA) is 44.1 Å². The lowest BCUT2D eigenvalue weighted by molar-refractivity contribution is 0.589. The first-order valence-electron chi connectivity index (χ1n) is 5.77. The van der Waals surface area contributed by atoms with Gasteiger partial charge in [0.05, 0.1) is 16.0 Å². The molecule has 96 valence electrons. The van der Waals surface area contributed by atoms with Crippen LogP contribution in [0.15, 0.2) is 22.7 Å². The smallest absolute Gasteiger partial charge is 0.101 e. The third-order valence-corrected chi connectivity index (χ3v) is 5.56. The Labute approximate surface area is 118 Å². The molecule has 0 N–H and O–H groups in total. The highest BCUT2D eigenvalue weighted by Gasteiger charge is 2.33. The number of halogens is 1. The molecule has 0 aromatic heterocycles. The van der Waals surface area contributed by atoms with Crippen LogP contribution in [0.4, 0.5) is 5.69 Å². The zero-order chi connectivity index (χ0) is 13.3. The number of hydrogen-bond acceptors (Lipinski definition) is 3. The van der Waals surface area contributed by atoms with Crippen LogP contribution in [0.2, 0.25) is 0 Å². The average Bonchev–Trinajstić information content (AvgIpc) is 2.32. The third kappa shape index (κ3) is 2.60. The Morgan fingerprint density at radius 3 is 2.83 bits per heavy atom. The Hall–Kier alpha value is -0.860. The zero-order valence-corrected chi connectivity index (χ0v) is 12.8. The summed E-state index contributed by atoms with van der Waals surface area (Å²) in [7, 11) is -0.792. The van der Waals surface area contributed by atoms with Crippen LogP contribution in [0.5, 0.6) is 0 Å². The lowest BCUT2D eigenvalue weighted by atomic mass is 10.1. The van der Waals surface area contributed by atoms with Gasteiger partial charge in [0.25, 0.3) is 0 Å². The maximum absolute atomic E-state index is 11.9. The second-order valence-corrected chi connectivity index (χ2v) is 8.12. The van der Waals surface area contributed by atoms with E-state index in [1.807, 2.05) is 32.0 Å². The molecule has 1 saturated heterocycles. The van der Waals surface area contributed by atoms with Crippen LogP contribution >= 0.6 is 15.9 Å². The van der Waals surface area contributed by atoms with E-state index < -0.39 is 10.8 Å². The van der Waals surface area contributed by atoms with Crippen LogP contribution in [-0.4, -0.2) is 27.8 Å². The van der Waals surface area contributed by atoms with Gasteiger partial charge in [0.1, 0.15) is 6.07 Å². The van der Waals surface area contributed by atoms with Crippen LogP contribution < -0.4 is 4.90 Å². The first-order chi connectivity index (χ1) is 8.44. The van der Waals surface area contributed by atoms with Gasteiger partial charge in [0.15, 0.2) is 0 Å². The van der Waals surface area contributed by atoms with Crippen molar-refractivity contribution in [3.05, 3.63) is 28.2 Å². The van der Waals surface area contributed by atoms with E-state index in [9.17, 15) is 9.47 Å². The summed E-state index contributed by atoms with van der Waals surface area (Å²) in [5.74, 6) is 0.661. The van der Waals surface area contributed by atoms with E-state index in [1.165, 1.54) is 0 Å². The van der Waals surface area contributed by atoms with Crippen molar-refractivity contribution in [2.75, 3.05) is 23.7 Å². The fourth-order valence-electron chi connectivity index (χ4n) is 2.16. The Kier molecular flexibility index (Phi) is 3.79. The summed E-state index contributed by atoms with van der Waals surface area (Å²) in [6, 6.07) is 7.94. The van der Waals surface area contributed by atoms with Gasteiger partial charge in [-0.2, -0.15) is 5.26 Å². The van der Waals surface area contributed by atoms with Gasteiger partial charge in [-0.25, -0.2) is 0 Å². The number of benzene rings is 1. The number of rotatable bonds is 1. The van der Waals surface area contributed by atoms with Crippen LogP contribution in [-0.2, 0) is 10.8 Å². The van der Waals surface area contributed by atoms with Gasteiger partial charge in [-0.15, -0.1) is 0 Å². The van der Waals surface area contributed by atoms with Gasteiger partial charge >= 0.3 is 0 Å². The molecule has 0 aliphatic carbocycles. The third-order valence-electron chi connectivity index (χ3n) is 3.15. The minimum atomic E-state index is -0.792. The minimum Gasteiger partial charge on any atom is -0.368 e. The van der Waals surface area contributed by atoms with Crippen LogP contribution in [0.25, 0.3) is 0 Å². The lowest BCUT2D eigenvalue weighted by Gasteiger charge is -2.39. The average molecular weight is 327 g/mol. The lowest BCUT2D eigenvalue weighted by Crippen LogP contribution is -2.50. The molecule has 1 aliphatic rings. The van der Waals surface area contributed by atoms with Crippen LogP contribution in [0, 0.1) is 11.3 Å². The Bertz CT molecular complexity index is 536. The van der Waals surface area contributed by atoms with E-state index in [1.54, 1.807) is 0 Å². The van der Waals surface area contributed by atoms with Gasteiger partial charge in [-0.3, -0.25) is 4.21 Å². The molecule has 1 fully saturated rings. The highest BCUT2D eigenvalue weighted by molar-refractivity contribution is 9.10. The number of anilines is 1. The first-order valence-corrected chi connectivity index (χ1v) is 7.88. The number of hydrogen-bond donors (Lipinski definition) is 0. The van der Waals surface area contributed by atoms with Gasteiger partial charge in [-0.05, 0) is 32.0 Å². The normalized spacial score (nSPS) is 22.6. The van der Waals surface area contributed by atoms with Gasteiger partial charge in [0.2, 0.25) is 0 Å². The van der Waals surface area contributed by atoms with Gasteiger partial charge < -0.3 is 4.90 Å². The molecular formula is C13H15BrN2OS. The largest absolute Gasteiger partial charge is 0.368 e. The minimum absolute atomic E-state index is 0.224. The molecule has 1 aromatic carbocycles. The van der Waals surface area contributed by atoms with Crippen molar-refractivity contribution >= 4 is 32.4 Å². The fraction of sp³-hybridized carbons (Fsp3) is 0.462. The number of nitriles is 1. The predicted molar refractivity (Wildman–Crippen MR) is 78.2 cm³/mol. The fourth-order valence-corrected chi connectivity index (χ4v) is 3.76. The highest BCUT2D eigenvalue weighted by atomic mass is 79.9. The van der Waals surface area contributed by atoms with E-state index in [-0.39, 0.29) is 4.75 Å². The second-order valence-electron chi connectivity index (χ2n) is 5.00. The molecular weight excluding hydrogens is 312 g/mol. The van der Waals surface area contributed by atoms with E-state index in [2.05, 4.69) is 26.9 Å². The monoisotopic (exact) mass is 326 g/mol. The molecule has 0 unspecified atom stereocenters. The summed E-state index contributed by atoms with van der Waals surface area (Å²) in [5.41, 5.74) is 1.60. The summed E-state index contributed by atoms with van der Waals surface area (Å²) >= 11 is 3.37. The SMILES string of the molecule is CC1(C)CN(c2ccc(Br)cc2C#N)CC[S@@]1=O. The standard InChI is InChI=1S/C13H15BrN2OS/c1-13(2)9-16(5-6-18(13)17)12-4-3-11(14)7-10(12)8-15/h3-4,7H,5-6,9H2,1-2H3/t18-/m0/s1. The van der Waals surface area contributed by atoms with Crippen LogP contribution in [0.1, 0.15) is 19.4 Å². The molecule has 0 radical (unpaired) electrons. The van der Waals surface area contributed by atoms with E-state index in [4.69, 9.17) is 0 Å². The second kappa shape index (κ2) is 5.02. The molecule has 0 amide bonds. The maximum Gasteiger partial charge on any atom is 0.101 e.